The zero-order chi connectivity index (χ0) is 41.5. The van der Waals surface area contributed by atoms with Crippen LogP contribution in [0.1, 0.15) is 194 Å². The zero-order valence-corrected chi connectivity index (χ0v) is 38.0. The first-order valence-corrected chi connectivity index (χ1v) is 22.5. The van der Waals surface area contributed by atoms with Crippen molar-refractivity contribution >= 4 is 11.3 Å². The lowest BCUT2D eigenvalue weighted by Crippen LogP contribution is -2.25. The molecular weight excluding hydrogens is 705 g/mol. The fourth-order valence-electron chi connectivity index (χ4n) is 7.90. The third kappa shape index (κ3) is 15.3. The maximum Gasteiger partial charge on any atom is 0.175 e. The van der Waals surface area contributed by atoms with Gasteiger partial charge in [0.05, 0.1) is 13.2 Å². The largest absolute Gasteiger partial charge is 0.493 e. The fraction of sp³-hybridized carbons (Fsp3) is 0.673. The molecule has 57 heavy (non-hydrogen) atoms. The van der Waals surface area contributed by atoms with E-state index in [0.29, 0.717) is 13.1 Å². The van der Waals surface area contributed by atoms with Crippen molar-refractivity contribution in [1.29, 1.82) is 0 Å². The minimum absolute atomic E-state index is 0.0181. The van der Waals surface area contributed by atoms with Gasteiger partial charge in [-0.25, -0.2) is 4.98 Å². The maximum absolute atomic E-state index is 6.49. The second kappa shape index (κ2) is 22.0. The molecule has 4 rings (SSSR count). The van der Waals surface area contributed by atoms with E-state index < -0.39 is 0 Å². The normalized spacial score (nSPS) is 13.0. The number of aromatic amines is 1. The lowest BCUT2D eigenvalue weighted by Gasteiger charge is -2.33. The number of unbranched alkanes of at least 4 members (excludes halogenated alkanes) is 10. The number of hydrogen-bond donors (Lipinski definition) is 3. The Morgan fingerprint density at radius 3 is 1.86 bits per heavy atom. The summed E-state index contributed by atoms with van der Waals surface area (Å²) in [5.41, 5.74) is 7.08. The number of fused-ring (bicyclic) bond motifs is 1. The van der Waals surface area contributed by atoms with Crippen LogP contribution >= 0.6 is 0 Å². The Morgan fingerprint density at radius 2 is 1.28 bits per heavy atom. The quantitative estimate of drug-likeness (QED) is 0.0550. The maximum atomic E-state index is 6.49. The second-order valence-electron chi connectivity index (χ2n) is 19.5. The van der Waals surface area contributed by atoms with Gasteiger partial charge in [-0.15, -0.1) is 5.10 Å². The van der Waals surface area contributed by atoms with Gasteiger partial charge in [-0.1, -0.05) is 146 Å². The van der Waals surface area contributed by atoms with E-state index in [0.717, 1.165) is 78.9 Å². The van der Waals surface area contributed by atoms with Gasteiger partial charge in [0, 0.05) is 59.5 Å². The molecule has 2 aromatic carbocycles. The highest BCUT2D eigenvalue weighted by atomic mass is 16.5. The van der Waals surface area contributed by atoms with E-state index in [4.69, 9.17) is 19.6 Å². The summed E-state index contributed by atoms with van der Waals surface area (Å²) in [4.78, 5) is 4.85. The SMILES string of the molecule is CCCCCCCCOc1ccc(NCc2cc(C(C)(C)CC(C)(C)C)ccc2OCCCCCCCC)cc1CNCC(C)c1nc2cc(C(C)(C)C)[nH]n2n1. The van der Waals surface area contributed by atoms with Crippen molar-refractivity contribution in [2.45, 2.75) is 189 Å². The van der Waals surface area contributed by atoms with Crippen molar-refractivity contribution in [2.24, 2.45) is 5.41 Å². The van der Waals surface area contributed by atoms with Gasteiger partial charge in [-0.05, 0) is 66.0 Å². The van der Waals surface area contributed by atoms with Gasteiger partial charge in [-0.2, -0.15) is 4.63 Å². The van der Waals surface area contributed by atoms with Crippen molar-refractivity contribution in [1.82, 2.24) is 25.1 Å². The summed E-state index contributed by atoms with van der Waals surface area (Å²) in [6, 6.07) is 15.5. The van der Waals surface area contributed by atoms with E-state index in [-0.39, 0.29) is 22.2 Å². The highest BCUT2D eigenvalue weighted by Gasteiger charge is 2.28. The molecule has 0 aliphatic rings. The second-order valence-corrected chi connectivity index (χ2v) is 19.5. The summed E-state index contributed by atoms with van der Waals surface area (Å²) < 4.78 is 14.7. The van der Waals surface area contributed by atoms with Gasteiger partial charge in [0.25, 0.3) is 0 Å². The molecule has 0 fully saturated rings. The third-order valence-corrected chi connectivity index (χ3v) is 11.0. The molecule has 0 saturated heterocycles. The molecule has 4 aromatic rings. The van der Waals surface area contributed by atoms with Gasteiger partial charge in [0.15, 0.2) is 11.5 Å². The van der Waals surface area contributed by atoms with E-state index in [1.165, 1.54) is 75.3 Å². The molecule has 0 spiro atoms. The van der Waals surface area contributed by atoms with Crippen molar-refractivity contribution < 1.29 is 9.47 Å². The van der Waals surface area contributed by atoms with Crippen molar-refractivity contribution in [3.8, 4) is 11.5 Å². The molecule has 0 bridgehead atoms. The molecule has 2 aromatic heterocycles. The summed E-state index contributed by atoms with van der Waals surface area (Å²) in [7, 11) is 0. The van der Waals surface area contributed by atoms with Crippen LogP contribution in [0.3, 0.4) is 0 Å². The Kier molecular flexibility index (Phi) is 17.8. The van der Waals surface area contributed by atoms with Gasteiger partial charge in [0.1, 0.15) is 11.5 Å². The molecule has 0 aliphatic heterocycles. The van der Waals surface area contributed by atoms with E-state index in [2.05, 4.69) is 134 Å². The average molecular weight is 785 g/mol. The number of aromatic nitrogens is 4. The van der Waals surface area contributed by atoms with Gasteiger partial charge < -0.3 is 20.1 Å². The number of anilines is 1. The van der Waals surface area contributed by atoms with Crippen LogP contribution in [-0.4, -0.2) is 39.6 Å². The third-order valence-electron chi connectivity index (χ3n) is 11.0. The number of nitrogens with zero attached hydrogens (tertiary/aromatic N) is 3. The monoisotopic (exact) mass is 785 g/mol. The molecule has 2 heterocycles. The topological polar surface area (TPSA) is 88.5 Å². The van der Waals surface area contributed by atoms with Gasteiger partial charge in [0.2, 0.25) is 0 Å². The first-order valence-electron chi connectivity index (χ1n) is 22.5. The number of benzene rings is 2. The van der Waals surface area contributed by atoms with E-state index in [1.807, 2.05) is 4.63 Å². The van der Waals surface area contributed by atoms with Crippen LogP contribution in [-0.2, 0) is 23.9 Å². The van der Waals surface area contributed by atoms with Gasteiger partial charge >= 0.3 is 0 Å². The van der Waals surface area contributed by atoms with Crippen molar-refractivity contribution in [3.63, 3.8) is 0 Å². The number of H-pyrrole nitrogens is 1. The molecule has 0 aliphatic carbocycles. The molecular formula is C49H80N6O2. The Morgan fingerprint density at radius 1 is 0.702 bits per heavy atom. The van der Waals surface area contributed by atoms with Crippen LogP contribution in [0.25, 0.3) is 5.65 Å². The molecule has 3 N–H and O–H groups in total. The summed E-state index contributed by atoms with van der Waals surface area (Å²) in [6.45, 7) is 28.7. The molecule has 1 atom stereocenters. The Bertz CT molecular complexity index is 1730. The van der Waals surface area contributed by atoms with Crippen LogP contribution < -0.4 is 20.1 Å². The lowest BCUT2D eigenvalue weighted by atomic mass is 9.72. The summed E-state index contributed by atoms with van der Waals surface area (Å²) in [5.74, 6) is 2.92. The van der Waals surface area contributed by atoms with Crippen LogP contribution in [0.2, 0.25) is 0 Å². The van der Waals surface area contributed by atoms with Crippen LogP contribution in [0.4, 0.5) is 5.69 Å². The number of ether oxygens (including phenoxy) is 2. The van der Waals surface area contributed by atoms with Crippen LogP contribution in [0.5, 0.6) is 11.5 Å². The first-order chi connectivity index (χ1) is 27.1. The number of rotatable bonds is 26. The Hall–Kier alpha value is -3.52. The lowest BCUT2D eigenvalue weighted by molar-refractivity contribution is 0.282. The zero-order valence-electron chi connectivity index (χ0n) is 38.0. The molecule has 318 valence electrons. The van der Waals surface area contributed by atoms with Crippen LogP contribution in [0.15, 0.2) is 42.5 Å². The van der Waals surface area contributed by atoms with Crippen molar-refractivity contribution in [3.05, 3.63) is 70.7 Å². The average Bonchev–Trinajstić information content (AvgIpc) is 3.74. The standard InChI is InChI=1S/C49H80N6O2/c1-12-14-16-18-20-22-28-56-42-26-24-40(49(10,11)36-47(4,5)6)30-38(42)35-51-41-25-27-43(57-29-23-21-19-17-15-13-2)39(31-41)34-50-33-37(3)46-52-45-32-44(48(7,8)9)53-55(45)54-46/h24-27,30-32,37,50-51,53H,12-23,28-29,33-36H2,1-11H3. The highest BCUT2D eigenvalue weighted by molar-refractivity contribution is 5.53. The molecule has 0 radical (unpaired) electrons. The van der Waals surface area contributed by atoms with Crippen molar-refractivity contribution in [2.75, 3.05) is 25.1 Å². The minimum Gasteiger partial charge on any atom is -0.493 e. The van der Waals surface area contributed by atoms with E-state index >= 15 is 0 Å². The highest BCUT2D eigenvalue weighted by Crippen LogP contribution is 2.38. The predicted octanol–water partition coefficient (Wildman–Crippen LogP) is 13.1. The van der Waals surface area contributed by atoms with E-state index in [1.54, 1.807) is 0 Å². The van der Waals surface area contributed by atoms with Crippen LogP contribution in [0, 0.1) is 5.41 Å². The van der Waals surface area contributed by atoms with E-state index in [9.17, 15) is 0 Å². The first kappa shape index (κ1) is 46.2. The Balaban J connectivity index is 1.47. The minimum atomic E-state index is 0.0181. The molecule has 0 saturated carbocycles. The smallest absolute Gasteiger partial charge is 0.175 e. The predicted molar refractivity (Wildman–Crippen MR) is 241 cm³/mol. The Labute approximate surface area is 347 Å². The summed E-state index contributed by atoms with van der Waals surface area (Å²) in [5, 5.41) is 15.7. The molecule has 1 unspecified atom stereocenters. The molecule has 0 amide bonds. The number of hydrogen-bond acceptors (Lipinski definition) is 6. The molecule has 8 heteroatoms. The number of nitrogens with one attached hydrogen (secondary N) is 3. The molecule has 8 nitrogen and oxygen atoms in total. The van der Waals surface area contributed by atoms with Gasteiger partial charge in [-0.3, -0.25) is 5.10 Å². The summed E-state index contributed by atoms with van der Waals surface area (Å²) in [6.07, 6.45) is 16.1. The summed E-state index contributed by atoms with van der Waals surface area (Å²) >= 11 is 0. The fourth-order valence-corrected chi connectivity index (χ4v) is 7.90.